The molecular formula is C28H37N7O4S. The van der Waals surface area contributed by atoms with E-state index in [1.54, 1.807) is 27.3 Å². The summed E-state index contributed by atoms with van der Waals surface area (Å²) in [7, 11) is 1.64. The molecule has 0 radical (unpaired) electrons. The lowest BCUT2D eigenvalue weighted by Crippen LogP contribution is -2.26. The van der Waals surface area contributed by atoms with E-state index in [1.807, 2.05) is 31.2 Å². The summed E-state index contributed by atoms with van der Waals surface area (Å²) in [6.45, 7) is 9.85. The van der Waals surface area contributed by atoms with Gasteiger partial charge in [-0.1, -0.05) is 37.3 Å². The smallest absolute Gasteiger partial charge is 0.263 e. The van der Waals surface area contributed by atoms with Crippen LogP contribution in [0.3, 0.4) is 0 Å². The number of aromatic nitrogens is 3. The van der Waals surface area contributed by atoms with Crippen LogP contribution in [0.2, 0.25) is 0 Å². The number of hydrogen-bond acceptors (Lipinski definition) is 10. The first kappa shape index (κ1) is 29.1. The molecule has 3 heterocycles. The van der Waals surface area contributed by atoms with E-state index < -0.39 is 0 Å². The molecule has 40 heavy (non-hydrogen) atoms. The average molecular weight is 568 g/mol. The summed E-state index contributed by atoms with van der Waals surface area (Å²) in [5.74, 6) is 2.52. The number of nitrogens with zero attached hydrogens (tertiary/aromatic N) is 4. The fourth-order valence-electron chi connectivity index (χ4n) is 4.41. The van der Waals surface area contributed by atoms with Crippen LogP contribution < -0.4 is 30.3 Å². The molecule has 3 N–H and O–H groups in total. The molecule has 0 spiro atoms. The van der Waals surface area contributed by atoms with E-state index in [4.69, 9.17) is 9.47 Å². The molecule has 1 aliphatic heterocycles. The number of hydrogen-bond donors (Lipinski definition) is 3. The van der Waals surface area contributed by atoms with Gasteiger partial charge in [0.25, 0.3) is 5.91 Å². The molecule has 0 saturated carbocycles. The fraction of sp³-hybridized carbons (Fsp3) is 0.464. The summed E-state index contributed by atoms with van der Waals surface area (Å²) in [4.78, 5) is 40.3. The maximum atomic E-state index is 12.9. The fourth-order valence-corrected chi connectivity index (χ4v) is 5.29. The van der Waals surface area contributed by atoms with Gasteiger partial charge in [-0.05, 0) is 38.0 Å². The Morgan fingerprint density at radius 3 is 2.67 bits per heavy atom. The Morgan fingerprint density at radius 1 is 1.20 bits per heavy atom. The predicted octanol–water partition coefficient (Wildman–Crippen LogP) is 4.57. The summed E-state index contributed by atoms with van der Waals surface area (Å²) in [5, 5.41) is 9.46. The Labute approximate surface area is 238 Å². The highest BCUT2D eigenvalue weighted by atomic mass is 32.1. The Bertz CT molecular complexity index is 1310. The number of carbonyl (C=O) groups excluding carboxylic acids is 2. The summed E-state index contributed by atoms with van der Waals surface area (Å²) < 4.78 is 11.9. The minimum atomic E-state index is -0.223. The van der Waals surface area contributed by atoms with Gasteiger partial charge >= 0.3 is 0 Å². The lowest BCUT2D eigenvalue weighted by atomic mass is 10.1. The molecule has 0 aliphatic carbocycles. The molecular weight excluding hydrogens is 530 g/mol. The van der Waals surface area contributed by atoms with Crippen LogP contribution in [0.5, 0.6) is 11.5 Å². The van der Waals surface area contributed by atoms with Crippen molar-refractivity contribution in [2.75, 3.05) is 42.3 Å². The lowest BCUT2D eigenvalue weighted by Gasteiger charge is -2.21. The van der Waals surface area contributed by atoms with E-state index in [1.165, 1.54) is 11.3 Å². The minimum Gasteiger partial charge on any atom is -0.490 e. The molecule has 2 amide bonds. The second kappa shape index (κ2) is 13.4. The lowest BCUT2D eigenvalue weighted by molar-refractivity contribution is -0.115. The molecule has 214 valence electrons. The molecule has 12 heteroatoms. The SMILES string of the molecule is CCCNc1ncnc(N2CC[C@@H](Oc3ccc([C@H](C)NC(=O)c4sc(NC(=O)CC)nc4C)cc3)C2)c1OC. The molecule has 11 nitrogen and oxygen atoms in total. The van der Waals surface area contributed by atoms with Crippen LogP contribution in [0.1, 0.15) is 67.0 Å². The van der Waals surface area contributed by atoms with Crippen molar-refractivity contribution in [2.24, 2.45) is 0 Å². The van der Waals surface area contributed by atoms with Gasteiger partial charge in [0.15, 0.2) is 16.8 Å². The van der Waals surface area contributed by atoms with Gasteiger partial charge in [0.1, 0.15) is 23.1 Å². The first-order chi connectivity index (χ1) is 19.3. The Morgan fingerprint density at radius 2 is 1.98 bits per heavy atom. The highest BCUT2D eigenvalue weighted by Crippen LogP contribution is 2.34. The van der Waals surface area contributed by atoms with Gasteiger partial charge in [0.2, 0.25) is 11.7 Å². The standard InChI is InChI=1S/C28H37N7O4S/c1-6-13-29-25-23(38-5)26(31-16-30-25)35-14-12-21(15-35)39-20-10-8-19(9-11-20)17(3)32-27(37)24-18(4)33-28(40-24)34-22(36)7-2/h8-11,16-17,21H,6-7,12-15H2,1-5H3,(H,32,37)(H,29,30,31)(H,33,34,36)/t17-,21+/m0/s1. The maximum absolute atomic E-state index is 12.9. The van der Waals surface area contributed by atoms with Crippen LogP contribution in [0.4, 0.5) is 16.8 Å². The second-order valence-corrected chi connectivity index (χ2v) is 10.6. The van der Waals surface area contributed by atoms with E-state index in [0.29, 0.717) is 40.2 Å². The number of ether oxygens (including phenoxy) is 2. The minimum absolute atomic E-state index is 0.00592. The van der Waals surface area contributed by atoms with Crippen molar-refractivity contribution >= 4 is 39.9 Å². The van der Waals surface area contributed by atoms with Crippen molar-refractivity contribution in [2.45, 2.75) is 59.1 Å². The van der Waals surface area contributed by atoms with Crippen molar-refractivity contribution in [1.29, 1.82) is 0 Å². The topological polar surface area (TPSA) is 131 Å². The zero-order chi connectivity index (χ0) is 28.6. The Kier molecular flexibility index (Phi) is 9.75. The van der Waals surface area contributed by atoms with E-state index in [9.17, 15) is 9.59 Å². The number of carbonyl (C=O) groups is 2. The van der Waals surface area contributed by atoms with Crippen molar-refractivity contribution in [3.8, 4) is 11.5 Å². The molecule has 2 aromatic heterocycles. The van der Waals surface area contributed by atoms with E-state index in [2.05, 4.69) is 42.7 Å². The molecule has 1 aliphatic rings. The average Bonchev–Trinajstić information content (AvgIpc) is 3.57. The summed E-state index contributed by atoms with van der Waals surface area (Å²) in [6, 6.07) is 7.54. The third-order valence-corrected chi connectivity index (χ3v) is 7.65. The largest absolute Gasteiger partial charge is 0.490 e. The van der Waals surface area contributed by atoms with Gasteiger partial charge in [0.05, 0.1) is 25.4 Å². The van der Waals surface area contributed by atoms with Crippen LogP contribution in [-0.2, 0) is 4.79 Å². The van der Waals surface area contributed by atoms with Crippen LogP contribution >= 0.6 is 11.3 Å². The van der Waals surface area contributed by atoms with Crippen LogP contribution in [0, 0.1) is 6.92 Å². The first-order valence-electron chi connectivity index (χ1n) is 13.5. The van der Waals surface area contributed by atoms with Gasteiger partial charge in [-0.25, -0.2) is 15.0 Å². The Hall–Kier alpha value is -3.93. The zero-order valence-corrected chi connectivity index (χ0v) is 24.4. The number of anilines is 3. The number of benzene rings is 1. The molecule has 1 aromatic carbocycles. The normalized spacial score (nSPS) is 15.4. The quantitative estimate of drug-likeness (QED) is 0.288. The number of rotatable bonds is 12. The number of nitrogens with one attached hydrogen (secondary N) is 3. The third kappa shape index (κ3) is 6.98. The summed E-state index contributed by atoms with van der Waals surface area (Å²) >= 11 is 1.18. The van der Waals surface area contributed by atoms with Crippen molar-refractivity contribution < 1.29 is 19.1 Å². The molecule has 0 bridgehead atoms. The van der Waals surface area contributed by atoms with E-state index in [-0.39, 0.29) is 24.0 Å². The van der Waals surface area contributed by atoms with Gasteiger partial charge in [-0.2, -0.15) is 0 Å². The van der Waals surface area contributed by atoms with Crippen molar-refractivity contribution in [1.82, 2.24) is 20.3 Å². The highest BCUT2D eigenvalue weighted by Gasteiger charge is 2.28. The van der Waals surface area contributed by atoms with Gasteiger partial charge in [0, 0.05) is 25.9 Å². The highest BCUT2D eigenvalue weighted by molar-refractivity contribution is 7.17. The third-order valence-electron chi connectivity index (χ3n) is 6.58. The van der Waals surface area contributed by atoms with Crippen molar-refractivity contribution in [3.63, 3.8) is 0 Å². The number of thiazole rings is 1. The monoisotopic (exact) mass is 567 g/mol. The summed E-state index contributed by atoms with van der Waals surface area (Å²) in [6.07, 6.45) is 3.76. The molecule has 0 unspecified atom stereocenters. The molecule has 2 atom stereocenters. The number of amides is 2. The number of methoxy groups -OCH3 is 1. The van der Waals surface area contributed by atoms with E-state index >= 15 is 0 Å². The van der Waals surface area contributed by atoms with Crippen LogP contribution in [-0.4, -0.2) is 59.6 Å². The molecule has 4 rings (SSSR count). The van der Waals surface area contributed by atoms with Crippen LogP contribution in [0.25, 0.3) is 0 Å². The van der Waals surface area contributed by atoms with Gasteiger partial charge in [-0.3, -0.25) is 9.59 Å². The Balaban J connectivity index is 1.33. The first-order valence-corrected chi connectivity index (χ1v) is 14.4. The van der Waals surface area contributed by atoms with E-state index in [0.717, 1.165) is 43.1 Å². The predicted molar refractivity (Wildman–Crippen MR) is 157 cm³/mol. The maximum Gasteiger partial charge on any atom is 0.263 e. The van der Waals surface area contributed by atoms with Gasteiger partial charge < -0.3 is 30.3 Å². The van der Waals surface area contributed by atoms with Crippen LogP contribution in [0.15, 0.2) is 30.6 Å². The van der Waals surface area contributed by atoms with Gasteiger partial charge in [-0.15, -0.1) is 0 Å². The van der Waals surface area contributed by atoms with Crippen molar-refractivity contribution in [3.05, 3.63) is 46.7 Å². The molecule has 1 saturated heterocycles. The summed E-state index contributed by atoms with van der Waals surface area (Å²) in [5.41, 5.74) is 1.54. The number of aryl methyl sites for hydroxylation is 1. The second-order valence-electron chi connectivity index (χ2n) is 9.58. The molecule has 1 fully saturated rings. The zero-order valence-electron chi connectivity index (χ0n) is 23.6. The molecule has 3 aromatic rings.